The van der Waals surface area contributed by atoms with Crippen LogP contribution < -0.4 is 4.90 Å². The van der Waals surface area contributed by atoms with Gasteiger partial charge >= 0.3 is 11.9 Å². The number of nitriles is 2. The Morgan fingerprint density at radius 3 is 1.85 bits per heavy atom. The van der Waals surface area contributed by atoms with Gasteiger partial charge in [-0.15, -0.1) is 11.3 Å². The first-order valence-electron chi connectivity index (χ1n) is 16.7. The van der Waals surface area contributed by atoms with E-state index < -0.39 is 33.6 Å². The van der Waals surface area contributed by atoms with E-state index in [9.17, 15) is 28.5 Å². The molecule has 264 valence electrons. The number of allylic oxidation sites excluding steroid dienone is 1. The third-order valence-electron chi connectivity index (χ3n) is 8.61. The Labute approximate surface area is 312 Å². The van der Waals surface area contributed by atoms with Gasteiger partial charge in [0.05, 0.1) is 52.1 Å². The Hall–Kier alpha value is -6.27. The fraction of sp³-hybridized carbons (Fsp3) is 0.143. The first-order valence-corrected chi connectivity index (χ1v) is 19.0. The van der Waals surface area contributed by atoms with E-state index in [1.54, 1.807) is 72.8 Å². The first-order chi connectivity index (χ1) is 25.8. The number of rotatable bonds is 13. The molecule has 1 atom stereocenters. The lowest BCUT2D eigenvalue weighted by Gasteiger charge is -2.24. The molecule has 9 nitrogen and oxygen atoms in total. The molecule has 0 radical (unpaired) electrons. The fourth-order valence-electron chi connectivity index (χ4n) is 5.95. The standard InChI is InChI=1S/C42H33N3O6S2/c43-28-33(29-44)40-37-13-7-8-14-38(37)53(48,49)39(40)27-36-22-21-35(52-36)20-17-30-15-18-34(19-16-30)45(23-25-50-41(46)31-9-3-1-4-10-31)24-26-51-42(47)32-11-5-2-6-12-32/h1-22,27,33,40H,23-26H2/b20-17+,39-27+. The second-order valence-corrected chi connectivity index (χ2v) is 15.0. The number of thiophene rings is 1. The molecular weight excluding hydrogens is 707 g/mol. The molecule has 0 N–H and O–H groups in total. The van der Waals surface area contributed by atoms with Crippen LogP contribution in [0.4, 0.5) is 5.69 Å². The van der Waals surface area contributed by atoms with Crippen LogP contribution in [0.1, 0.15) is 47.5 Å². The lowest BCUT2D eigenvalue weighted by molar-refractivity contribution is 0.0504. The molecule has 4 aromatic carbocycles. The topological polar surface area (TPSA) is 138 Å². The zero-order valence-electron chi connectivity index (χ0n) is 28.4. The van der Waals surface area contributed by atoms with E-state index in [-0.39, 0.29) is 23.0 Å². The number of carbonyl (C=O) groups is 2. The Bertz CT molecular complexity index is 2270. The van der Waals surface area contributed by atoms with Crippen molar-refractivity contribution in [2.24, 2.45) is 5.92 Å². The molecule has 0 saturated heterocycles. The van der Waals surface area contributed by atoms with E-state index in [4.69, 9.17) is 9.47 Å². The van der Waals surface area contributed by atoms with Crippen LogP contribution >= 0.6 is 11.3 Å². The molecule has 1 unspecified atom stereocenters. The lowest BCUT2D eigenvalue weighted by atomic mass is 9.87. The quantitative estimate of drug-likeness (QED) is 0.110. The minimum absolute atomic E-state index is 0.0500. The van der Waals surface area contributed by atoms with Crippen molar-refractivity contribution in [3.05, 3.63) is 158 Å². The lowest BCUT2D eigenvalue weighted by Crippen LogP contribution is -2.32. The number of hydrogen-bond donors (Lipinski definition) is 0. The van der Waals surface area contributed by atoms with Crippen molar-refractivity contribution in [3.8, 4) is 12.1 Å². The van der Waals surface area contributed by atoms with Crippen molar-refractivity contribution in [2.75, 3.05) is 31.2 Å². The largest absolute Gasteiger partial charge is 0.460 e. The predicted molar refractivity (Wildman–Crippen MR) is 204 cm³/mol. The van der Waals surface area contributed by atoms with Gasteiger partial charge in [0.15, 0.2) is 0 Å². The highest BCUT2D eigenvalue weighted by molar-refractivity contribution is 7.95. The monoisotopic (exact) mass is 739 g/mol. The molecule has 0 fully saturated rings. The van der Waals surface area contributed by atoms with Gasteiger partial charge < -0.3 is 14.4 Å². The maximum Gasteiger partial charge on any atom is 0.338 e. The number of carbonyl (C=O) groups excluding carboxylic acids is 2. The molecular formula is C42H33N3O6S2. The molecule has 0 bridgehead atoms. The number of ether oxygens (including phenoxy) is 2. The van der Waals surface area contributed by atoms with Crippen LogP contribution in [0.5, 0.6) is 0 Å². The van der Waals surface area contributed by atoms with Gasteiger partial charge in [-0.3, -0.25) is 0 Å². The maximum absolute atomic E-state index is 13.5. The van der Waals surface area contributed by atoms with E-state index in [0.717, 1.165) is 16.1 Å². The summed E-state index contributed by atoms with van der Waals surface area (Å²) in [6.07, 6.45) is 5.43. The van der Waals surface area contributed by atoms with E-state index >= 15 is 0 Å². The smallest absolute Gasteiger partial charge is 0.338 e. The number of nitrogens with zero attached hydrogens (tertiary/aromatic N) is 3. The highest BCUT2D eigenvalue weighted by Gasteiger charge is 2.44. The van der Waals surface area contributed by atoms with Crippen molar-refractivity contribution in [1.82, 2.24) is 0 Å². The summed E-state index contributed by atoms with van der Waals surface area (Å²) < 4.78 is 38.0. The highest BCUT2D eigenvalue weighted by Crippen LogP contribution is 2.48. The van der Waals surface area contributed by atoms with Crippen LogP contribution in [0.3, 0.4) is 0 Å². The Kier molecular flexibility index (Phi) is 11.6. The zero-order chi connectivity index (χ0) is 37.2. The molecule has 1 aliphatic rings. The molecule has 0 spiro atoms. The summed E-state index contributed by atoms with van der Waals surface area (Å²) >= 11 is 1.39. The number of fused-ring (bicyclic) bond motifs is 1. The normalized spacial score (nSPS) is 15.1. The van der Waals surface area contributed by atoms with Gasteiger partial charge in [-0.05, 0) is 77.9 Å². The van der Waals surface area contributed by atoms with Crippen molar-refractivity contribution in [2.45, 2.75) is 10.8 Å². The Morgan fingerprint density at radius 1 is 0.717 bits per heavy atom. The minimum Gasteiger partial charge on any atom is -0.460 e. The fourth-order valence-corrected chi connectivity index (χ4v) is 8.79. The SMILES string of the molecule is N#CC(C#N)C1/C(=C\c2ccc(/C=C/c3ccc(N(CCOC(=O)c4ccccc4)CCOC(=O)c4ccccc4)cc3)s2)S(=O)(=O)c2ccccc21. The minimum atomic E-state index is -3.87. The highest BCUT2D eigenvalue weighted by atomic mass is 32.2. The van der Waals surface area contributed by atoms with Crippen molar-refractivity contribution in [3.63, 3.8) is 0 Å². The van der Waals surface area contributed by atoms with Gasteiger partial charge in [0.1, 0.15) is 19.1 Å². The third-order valence-corrected chi connectivity index (χ3v) is 11.6. The first kappa shape index (κ1) is 36.5. The van der Waals surface area contributed by atoms with E-state index in [2.05, 4.69) is 0 Å². The predicted octanol–water partition coefficient (Wildman–Crippen LogP) is 8.01. The van der Waals surface area contributed by atoms with Crippen molar-refractivity contribution >= 4 is 57.0 Å². The van der Waals surface area contributed by atoms with Gasteiger partial charge in [0, 0.05) is 15.4 Å². The Morgan fingerprint density at radius 2 is 1.26 bits per heavy atom. The molecule has 11 heteroatoms. The molecule has 2 heterocycles. The number of benzene rings is 4. The molecule has 5 aromatic rings. The number of sulfone groups is 1. The summed E-state index contributed by atoms with van der Waals surface area (Å²) in [5.74, 6) is -2.85. The van der Waals surface area contributed by atoms with Crippen molar-refractivity contribution < 1.29 is 27.5 Å². The molecule has 0 amide bonds. The average molecular weight is 740 g/mol. The third kappa shape index (κ3) is 8.62. The summed E-state index contributed by atoms with van der Waals surface area (Å²) in [6.45, 7) is 0.992. The van der Waals surface area contributed by atoms with Gasteiger partial charge in [0.25, 0.3) is 0 Å². The maximum atomic E-state index is 13.5. The number of esters is 2. The zero-order valence-corrected chi connectivity index (χ0v) is 30.0. The van der Waals surface area contributed by atoms with E-state index in [1.165, 1.54) is 17.4 Å². The molecule has 1 aromatic heterocycles. The molecule has 0 saturated carbocycles. The summed E-state index contributed by atoms with van der Waals surface area (Å²) in [6, 6.07) is 39.4. The number of hydrogen-bond acceptors (Lipinski definition) is 10. The van der Waals surface area contributed by atoms with Crippen LogP contribution in [0.15, 0.2) is 131 Å². The van der Waals surface area contributed by atoms with Gasteiger partial charge in [0.2, 0.25) is 9.84 Å². The second-order valence-electron chi connectivity index (χ2n) is 12.0. The van der Waals surface area contributed by atoms with Gasteiger partial charge in [-0.25, -0.2) is 18.0 Å². The van der Waals surface area contributed by atoms with E-state index in [1.807, 2.05) is 77.7 Å². The Balaban J connectivity index is 1.14. The van der Waals surface area contributed by atoms with Crippen molar-refractivity contribution in [1.29, 1.82) is 10.5 Å². The summed E-state index contributed by atoms with van der Waals surface area (Å²) in [4.78, 5) is 28.8. The summed E-state index contributed by atoms with van der Waals surface area (Å²) in [5.41, 5.74) is 3.15. The molecule has 1 aliphatic heterocycles. The van der Waals surface area contributed by atoms with Crippen LogP contribution in [0.2, 0.25) is 0 Å². The molecule has 53 heavy (non-hydrogen) atoms. The van der Waals surface area contributed by atoms with Gasteiger partial charge in [-0.2, -0.15) is 10.5 Å². The summed E-state index contributed by atoms with van der Waals surface area (Å²) in [5, 5.41) is 19.3. The van der Waals surface area contributed by atoms with E-state index in [0.29, 0.717) is 34.7 Å². The average Bonchev–Trinajstić information content (AvgIpc) is 3.74. The van der Waals surface area contributed by atoms with Gasteiger partial charge in [-0.1, -0.05) is 72.8 Å². The van der Waals surface area contributed by atoms with Crippen LogP contribution in [-0.4, -0.2) is 46.7 Å². The number of anilines is 1. The molecule has 6 rings (SSSR count). The summed E-state index contributed by atoms with van der Waals surface area (Å²) in [7, 11) is -3.87. The van der Waals surface area contributed by atoms with Crippen LogP contribution in [0.25, 0.3) is 18.2 Å². The second kappa shape index (κ2) is 16.8. The van der Waals surface area contributed by atoms with Crippen LogP contribution in [-0.2, 0) is 19.3 Å². The molecule has 0 aliphatic carbocycles. The van der Waals surface area contributed by atoms with Crippen LogP contribution in [0, 0.1) is 28.6 Å².